The molecule has 1 heterocycles. The van der Waals surface area contributed by atoms with Gasteiger partial charge in [-0.05, 0) is 24.3 Å². The zero-order valence-electron chi connectivity index (χ0n) is 10.6. The normalized spacial score (nSPS) is 10.5. The molecule has 1 N–H and O–H groups in total. The summed E-state index contributed by atoms with van der Waals surface area (Å²) < 4.78 is 5.76. The third-order valence-corrected chi connectivity index (χ3v) is 4.43. The lowest BCUT2D eigenvalue weighted by Gasteiger charge is -2.00. The number of benzene rings is 1. The molecule has 1 amide bonds. The smallest absolute Gasteiger partial charge is 0.257 e. The number of carbonyl (C=O) groups excluding carboxylic acids is 1. The van der Waals surface area contributed by atoms with E-state index in [1.807, 2.05) is 0 Å². The molecule has 106 valence electrons. The number of amides is 1. The summed E-state index contributed by atoms with van der Waals surface area (Å²) in [5, 5.41) is 11.7. The van der Waals surface area contributed by atoms with E-state index in [2.05, 4.69) is 15.5 Å². The van der Waals surface area contributed by atoms with Crippen LogP contribution in [0.1, 0.15) is 10.4 Å². The van der Waals surface area contributed by atoms with Crippen LogP contribution in [0, 0.1) is 0 Å². The van der Waals surface area contributed by atoms with E-state index in [0.29, 0.717) is 22.3 Å². The third kappa shape index (κ3) is 4.45. The second-order valence-corrected chi connectivity index (χ2v) is 6.43. The minimum Gasteiger partial charge on any atom is -0.384 e. The molecule has 2 rings (SSSR count). The Bertz CT molecular complexity index is 574. The predicted molar refractivity (Wildman–Crippen MR) is 81.9 cm³/mol. The number of rotatable bonds is 6. The molecule has 2 aromatic rings. The predicted octanol–water partition coefficient (Wildman–Crippen LogP) is 3.18. The highest BCUT2D eigenvalue weighted by Gasteiger charge is 2.10. The Balaban J connectivity index is 1.92. The Labute approximate surface area is 129 Å². The number of nitrogens with one attached hydrogen (secondary N) is 1. The highest BCUT2D eigenvalue weighted by atomic mass is 35.5. The molecule has 0 spiro atoms. The van der Waals surface area contributed by atoms with Crippen molar-refractivity contribution in [1.82, 2.24) is 10.2 Å². The first-order valence-electron chi connectivity index (χ1n) is 5.71. The number of nitrogens with zero attached hydrogens (tertiary/aromatic N) is 2. The van der Waals surface area contributed by atoms with Gasteiger partial charge in [0.1, 0.15) is 0 Å². The standard InChI is InChI=1S/C12H12ClN3O2S2/c1-18-6-7-19-12-16-15-11(20-12)14-10(17)8-2-4-9(13)5-3-8/h2-5H,6-7H2,1H3,(H,14,15,17). The summed E-state index contributed by atoms with van der Waals surface area (Å²) in [5.74, 6) is 0.572. The van der Waals surface area contributed by atoms with E-state index in [-0.39, 0.29) is 5.91 Å². The lowest BCUT2D eigenvalue weighted by molar-refractivity contribution is 0.102. The fourth-order valence-corrected chi connectivity index (χ4v) is 3.15. The van der Waals surface area contributed by atoms with Crippen LogP contribution in [0.3, 0.4) is 0 Å². The molecule has 0 fully saturated rings. The third-order valence-electron chi connectivity index (χ3n) is 2.25. The summed E-state index contributed by atoms with van der Waals surface area (Å²) in [6.45, 7) is 0.650. The van der Waals surface area contributed by atoms with Crippen molar-refractivity contribution in [3.8, 4) is 0 Å². The highest BCUT2D eigenvalue weighted by molar-refractivity contribution is 8.01. The van der Waals surface area contributed by atoms with Crippen molar-refractivity contribution in [1.29, 1.82) is 0 Å². The van der Waals surface area contributed by atoms with Crippen LogP contribution >= 0.6 is 34.7 Å². The maximum absolute atomic E-state index is 12.0. The van der Waals surface area contributed by atoms with Gasteiger partial charge < -0.3 is 4.74 Å². The first kappa shape index (κ1) is 15.2. The van der Waals surface area contributed by atoms with Gasteiger partial charge in [-0.1, -0.05) is 34.7 Å². The number of carbonyl (C=O) groups is 1. The van der Waals surface area contributed by atoms with Gasteiger partial charge in [-0.15, -0.1) is 10.2 Å². The van der Waals surface area contributed by atoms with E-state index in [9.17, 15) is 4.79 Å². The van der Waals surface area contributed by atoms with Crippen LogP contribution < -0.4 is 5.32 Å². The van der Waals surface area contributed by atoms with E-state index in [1.54, 1.807) is 43.1 Å². The van der Waals surface area contributed by atoms with Crippen molar-refractivity contribution in [3.05, 3.63) is 34.9 Å². The lowest BCUT2D eigenvalue weighted by atomic mass is 10.2. The van der Waals surface area contributed by atoms with Crippen molar-refractivity contribution in [2.45, 2.75) is 4.34 Å². The zero-order chi connectivity index (χ0) is 14.4. The summed E-state index contributed by atoms with van der Waals surface area (Å²) in [7, 11) is 1.65. The van der Waals surface area contributed by atoms with Gasteiger partial charge in [0, 0.05) is 23.4 Å². The summed E-state index contributed by atoms with van der Waals surface area (Å²) in [6.07, 6.45) is 0. The SMILES string of the molecule is COCCSc1nnc(NC(=O)c2ccc(Cl)cc2)s1. The van der Waals surface area contributed by atoms with Crippen LogP contribution in [0.2, 0.25) is 5.02 Å². The number of hydrogen-bond acceptors (Lipinski definition) is 6. The Hall–Kier alpha value is -1.15. The molecular formula is C12H12ClN3O2S2. The Morgan fingerprint density at radius 2 is 2.15 bits per heavy atom. The molecule has 8 heteroatoms. The van der Waals surface area contributed by atoms with Gasteiger partial charge in [0.15, 0.2) is 4.34 Å². The first-order chi connectivity index (χ1) is 9.69. The molecule has 0 saturated carbocycles. The molecule has 0 aliphatic rings. The number of aromatic nitrogens is 2. The molecular weight excluding hydrogens is 318 g/mol. The monoisotopic (exact) mass is 329 g/mol. The number of ether oxygens (including phenoxy) is 1. The van der Waals surface area contributed by atoms with Gasteiger partial charge >= 0.3 is 0 Å². The average molecular weight is 330 g/mol. The molecule has 0 radical (unpaired) electrons. The van der Waals surface area contributed by atoms with Crippen molar-refractivity contribution in [3.63, 3.8) is 0 Å². The fourth-order valence-electron chi connectivity index (χ4n) is 1.30. The quantitative estimate of drug-likeness (QED) is 0.501. The summed E-state index contributed by atoms with van der Waals surface area (Å²) in [4.78, 5) is 12.0. The van der Waals surface area contributed by atoms with E-state index in [0.717, 1.165) is 10.1 Å². The molecule has 0 saturated heterocycles. The molecule has 0 aliphatic carbocycles. The average Bonchev–Trinajstić information content (AvgIpc) is 2.87. The maximum atomic E-state index is 12.0. The minimum absolute atomic E-state index is 0.230. The fraction of sp³-hybridized carbons (Fsp3) is 0.250. The van der Waals surface area contributed by atoms with E-state index >= 15 is 0 Å². The zero-order valence-corrected chi connectivity index (χ0v) is 13.0. The van der Waals surface area contributed by atoms with E-state index in [1.165, 1.54) is 11.3 Å². The van der Waals surface area contributed by atoms with Crippen LogP contribution in [-0.4, -0.2) is 35.6 Å². The van der Waals surface area contributed by atoms with Gasteiger partial charge in [0.25, 0.3) is 5.91 Å². The van der Waals surface area contributed by atoms with Crippen LogP contribution in [0.5, 0.6) is 0 Å². The largest absolute Gasteiger partial charge is 0.384 e. The number of thioether (sulfide) groups is 1. The Morgan fingerprint density at radius 1 is 1.40 bits per heavy atom. The number of methoxy groups -OCH3 is 1. The van der Waals surface area contributed by atoms with Gasteiger partial charge in [0.2, 0.25) is 5.13 Å². The topological polar surface area (TPSA) is 64.1 Å². The van der Waals surface area contributed by atoms with Crippen LogP contribution in [0.25, 0.3) is 0 Å². The molecule has 1 aromatic carbocycles. The summed E-state index contributed by atoms with van der Waals surface area (Å²) in [6, 6.07) is 6.66. The van der Waals surface area contributed by atoms with Crippen molar-refractivity contribution in [2.24, 2.45) is 0 Å². The van der Waals surface area contributed by atoms with E-state index < -0.39 is 0 Å². The van der Waals surface area contributed by atoms with Crippen molar-refractivity contribution >= 4 is 45.7 Å². The number of anilines is 1. The minimum atomic E-state index is -0.230. The molecule has 5 nitrogen and oxygen atoms in total. The second-order valence-electron chi connectivity index (χ2n) is 3.68. The van der Waals surface area contributed by atoms with Gasteiger partial charge in [-0.3, -0.25) is 10.1 Å². The second kappa shape index (κ2) is 7.58. The summed E-state index contributed by atoms with van der Waals surface area (Å²) in [5.41, 5.74) is 0.526. The first-order valence-corrected chi connectivity index (χ1v) is 7.89. The van der Waals surface area contributed by atoms with Crippen molar-refractivity contribution in [2.75, 3.05) is 24.8 Å². The molecule has 0 atom stereocenters. The Morgan fingerprint density at radius 3 is 2.85 bits per heavy atom. The van der Waals surface area contributed by atoms with Crippen LogP contribution in [0.4, 0.5) is 5.13 Å². The Kier molecular flexibility index (Phi) is 5.78. The molecule has 0 bridgehead atoms. The van der Waals surface area contributed by atoms with Gasteiger partial charge in [0.05, 0.1) is 6.61 Å². The molecule has 0 unspecified atom stereocenters. The van der Waals surface area contributed by atoms with Crippen LogP contribution in [-0.2, 0) is 4.74 Å². The number of halogens is 1. The van der Waals surface area contributed by atoms with Crippen LogP contribution in [0.15, 0.2) is 28.6 Å². The van der Waals surface area contributed by atoms with Gasteiger partial charge in [-0.2, -0.15) is 0 Å². The highest BCUT2D eigenvalue weighted by Crippen LogP contribution is 2.25. The lowest BCUT2D eigenvalue weighted by Crippen LogP contribution is -2.11. The van der Waals surface area contributed by atoms with Crippen molar-refractivity contribution < 1.29 is 9.53 Å². The maximum Gasteiger partial charge on any atom is 0.257 e. The van der Waals surface area contributed by atoms with E-state index in [4.69, 9.17) is 16.3 Å². The summed E-state index contributed by atoms with van der Waals surface area (Å²) >= 11 is 8.65. The molecule has 1 aromatic heterocycles. The van der Waals surface area contributed by atoms with Gasteiger partial charge in [-0.25, -0.2) is 0 Å². The molecule has 0 aliphatic heterocycles. The molecule has 20 heavy (non-hydrogen) atoms. The number of hydrogen-bond donors (Lipinski definition) is 1.